The molecule has 0 saturated carbocycles. The zero-order chi connectivity index (χ0) is 11.4. The Hall–Kier alpha value is -1.00. The number of carbonyl (C=O) groups excluding carboxylic acids is 1. The van der Waals surface area contributed by atoms with Crippen LogP contribution in [0.2, 0.25) is 10.3 Å². The number of halogens is 2. The topological polar surface area (TPSA) is 54.0 Å². The molecule has 0 saturated heterocycles. The second-order valence-corrected chi connectivity index (χ2v) is 4.03. The molecule has 0 aliphatic carbocycles. The van der Waals surface area contributed by atoms with Gasteiger partial charge in [0.25, 0.3) is 0 Å². The van der Waals surface area contributed by atoms with Gasteiger partial charge in [-0.25, -0.2) is 9.78 Å². The first-order chi connectivity index (χ1) is 6.97. The van der Waals surface area contributed by atoms with Gasteiger partial charge in [-0.15, -0.1) is 0 Å². The van der Waals surface area contributed by atoms with E-state index >= 15 is 0 Å². The molecule has 4 nitrogen and oxygen atoms in total. The van der Waals surface area contributed by atoms with Crippen LogP contribution in [0.5, 0.6) is 0 Å². The number of carbonyl (C=O) groups is 1. The minimum Gasteiger partial charge on any atom is -0.336 e. The smallest absolute Gasteiger partial charge is 0.319 e. The predicted octanol–water partition coefficient (Wildman–Crippen LogP) is 2.92. The van der Waals surface area contributed by atoms with Crippen LogP contribution in [0, 0.1) is 0 Å². The van der Waals surface area contributed by atoms with Crippen LogP contribution in [0.25, 0.3) is 0 Å². The summed E-state index contributed by atoms with van der Waals surface area (Å²) in [4.78, 5) is 15.1. The van der Waals surface area contributed by atoms with Gasteiger partial charge in [-0.2, -0.15) is 0 Å². The maximum atomic E-state index is 11.3. The number of rotatable bonds is 2. The van der Waals surface area contributed by atoms with Crippen molar-refractivity contribution in [3.63, 3.8) is 0 Å². The Labute approximate surface area is 98.0 Å². The van der Waals surface area contributed by atoms with Gasteiger partial charge in [-0.1, -0.05) is 23.2 Å². The maximum Gasteiger partial charge on any atom is 0.319 e. The molecular formula is C9H11Cl2N3O. The summed E-state index contributed by atoms with van der Waals surface area (Å²) in [6.07, 6.45) is 0. The van der Waals surface area contributed by atoms with Crippen LogP contribution in [0.4, 0.5) is 10.5 Å². The van der Waals surface area contributed by atoms with E-state index in [9.17, 15) is 4.79 Å². The molecule has 82 valence electrons. The van der Waals surface area contributed by atoms with Crippen molar-refractivity contribution in [3.05, 3.63) is 22.4 Å². The van der Waals surface area contributed by atoms with Gasteiger partial charge in [0.05, 0.1) is 0 Å². The summed E-state index contributed by atoms with van der Waals surface area (Å²) in [5, 5.41) is 5.75. The van der Waals surface area contributed by atoms with Crippen LogP contribution in [-0.4, -0.2) is 17.1 Å². The van der Waals surface area contributed by atoms with E-state index in [1.54, 1.807) is 0 Å². The van der Waals surface area contributed by atoms with E-state index in [1.165, 1.54) is 12.1 Å². The lowest BCUT2D eigenvalue weighted by molar-refractivity contribution is 0.250. The molecule has 0 aliphatic rings. The lowest BCUT2D eigenvalue weighted by Crippen LogP contribution is -2.34. The number of nitrogens with zero attached hydrogens (tertiary/aromatic N) is 1. The van der Waals surface area contributed by atoms with Crippen molar-refractivity contribution in [1.29, 1.82) is 0 Å². The standard InChI is InChI=1S/C9H11Cl2N3O/c1-5(2)12-9(15)13-6-3-7(10)14-8(11)4-6/h3-5H,1-2H3,(H2,12,13,14,15). The van der Waals surface area contributed by atoms with Crippen molar-refractivity contribution in [1.82, 2.24) is 10.3 Å². The van der Waals surface area contributed by atoms with Crippen molar-refractivity contribution in [3.8, 4) is 0 Å². The highest BCUT2D eigenvalue weighted by atomic mass is 35.5. The zero-order valence-electron chi connectivity index (χ0n) is 8.34. The van der Waals surface area contributed by atoms with Crippen LogP contribution in [0.1, 0.15) is 13.8 Å². The van der Waals surface area contributed by atoms with E-state index < -0.39 is 0 Å². The summed E-state index contributed by atoms with van der Waals surface area (Å²) < 4.78 is 0. The van der Waals surface area contributed by atoms with E-state index in [0.29, 0.717) is 5.69 Å². The molecule has 0 radical (unpaired) electrons. The van der Waals surface area contributed by atoms with Crippen molar-refractivity contribution < 1.29 is 4.79 Å². The molecule has 0 atom stereocenters. The summed E-state index contributed by atoms with van der Waals surface area (Å²) in [6, 6.07) is 2.81. The molecule has 1 rings (SSSR count). The summed E-state index contributed by atoms with van der Waals surface area (Å²) in [5.41, 5.74) is 0.512. The summed E-state index contributed by atoms with van der Waals surface area (Å²) in [6.45, 7) is 3.73. The Bertz CT molecular complexity index is 348. The zero-order valence-corrected chi connectivity index (χ0v) is 9.86. The monoisotopic (exact) mass is 247 g/mol. The Morgan fingerprint density at radius 2 is 1.87 bits per heavy atom. The first-order valence-electron chi connectivity index (χ1n) is 4.38. The minimum atomic E-state index is -0.302. The normalized spacial score (nSPS) is 10.2. The number of anilines is 1. The van der Waals surface area contributed by atoms with Crippen LogP contribution in [0.3, 0.4) is 0 Å². The Balaban J connectivity index is 2.68. The molecule has 0 aromatic carbocycles. The Kier molecular flexibility index (Phi) is 4.17. The van der Waals surface area contributed by atoms with Gasteiger partial charge in [-0.05, 0) is 26.0 Å². The lowest BCUT2D eigenvalue weighted by atomic mass is 10.4. The lowest BCUT2D eigenvalue weighted by Gasteiger charge is -2.10. The number of hydrogen-bond acceptors (Lipinski definition) is 2. The number of urea groups is 1. The molecule has 1 aromatic heterocycles. The Morgan fingerprint density at radius 3 is 2.33 bits per heavy atom. The van der Waals surface area contributed by atoms with Gasteiger partial charge in [0.15, 0.2) is 0 Å². The van der Waals surface area contributed by atoms with E-state index in [0.717, 1.165) is 0 Å². The van der Waals surface area contributed by atoms with E-state index in [2.05, 4.69) is 15.6 Å². The average Bonchev–Trinajstić information content (AvgIpc) is 1.98. The fraction of sp³-hybridized carbons (Fsp3) is 0.333. The highest BCUT2D eigenvalue weighted by molar-refractivity contribution is 6.32. The van der Waals surface area contributed by atoms with Gasteiger partial charge in [0.2, 0.25) is 0 Å². The molecule has 2 amide bonds. The van der Waals surface area contributed by atoms with Gasteiger partial charge >= 0.3 is 6.03 Å². The molecule has 15 heavy (non-hydrogen) atoms. The summed E-state index contributed by atoms with van der Waals surface area (Å²) >= 11 is 11.3. The molecule has 6 heteroatoms. The van der Waals surface area contributed by atoms with Crippen molar-refractivity contribution in [2.75, 3.05) is 5.32 Å². The Morgan fingerprint density at radius 1 is 1.33 bits per heavy atom. The average molecular weight is 248 g/mol. The third-order valence-electron chi connectivity index (χ3n) is 1.44. The second-order valence-electron chi connectivity index (χ2n) is 3.25. The molecule has 0 aliphatic heterocycles. The van der Waals surface area contributed by atoms with Crippen LogP contribution in [0.15, 0.2) is 12.1 Å². The van der Waals surface area contributed by atoms with Gasteiger partial charge in [0, 0.05) is 11.7 Å². The molecule has 1 aromatic rings. The van der Waals surface area contributed by atoms with Gasteiger partial charge < -0.3 is 10.6 Å². The van der Waals surface area contributed by atoms with E-state index in [-0.39, 0.29) is 22.4 Å². The van der Waals surface area contributed by atoms with E-state index in [1.807, 2.05) is 13.8 Å². The first kappa shape index (κ1) is 12.1. The molecule has 0 fully saturated rings. The highest BCUT2D eigenvalue weighted by Crippen LogP contribution is 2.18. The SMILES string of the molecule is CC(C)NC(=O)Nc1cc(Cl)nc(Cl)c1. The molecular weight excluding hydrogens is 237 g/mol. The highest BCUT2D eigenvalue weighted by Gasteiger charge is 2.05. The number of pyridine rings is 1. The van der Waals surface area contributed by atoms with Gasteiger partial charge in [-0.3, -0.25) is 0 Å². The number of amides is 2. The molecule has 0 spiro atoms. The van der Waals surface area contributed by atoms with Crippen molar-refractivity contribution >= 4 is 34.9 Å². The van der Waals surface area contributed by atoms with Crippen LogP contribution < -0.4 is 10.6 Å². The van der Waals surface area contributed by atoms with E-state index in [4.69, 9.17) is 23.2 Å². The maximum absolute atomic E-state index is 11.3. The number of aromatic nitrogens is 1. The number of hydrogen-bond donors (Lipinski definition) is 2. The van der Waals surface area contributed by atoms with Gasteiger partial charge in [0.1, 0.15) is 10.3 Å². The quantitative estimate of drug-likeness (QED) is 0.790. The molecule has 2 N–H and O–H groups in total. The third-order valence-corrected chi connectivity index (χ3v) is 1.83. The molecule has 0 bridgehead atoms. The summed E-state index contributed by atoms with van der Waals surface area (Å²) in [7, 11) is 0. The van der Waals surface area contributed by atoms with Crippen molar-refractivity contribution in [2.24, 2.45) is 0 Å². The first-order valence-corrected chi connectivity index (χ1v) is 5.13. The second kappa shape index (κ2) is 5.19. The molecule has 1 heterocycles. The summed E-state index contributed by atoms with van der Waals surface area (Å²) in [5.74, 6) is 0. The fourth-order valence-corrected chi connectivity index (χ4v) is 1.43. The van der Waals surface area contributed by atoms with Crippen LogP contribution in [-0.2, 0) is 0 Å². The van der Waals surface area contributed by atoms with Crippen molar-refractivity contribution in [2.45, 2.75) is 19.9 Å². The largest absolute Gasteiger partial charge is 0.336 e. The fourth-order valence-electron chi connectivity index (χ4n) is 0.966. The predicted molar refractivity (Wildman–Crippen MR) is 61.5 cm³/mol. The number of nitrogens with one attached hydrogen (secondary N) is 2. The molecule has 0 unspecified atom stereocenters. The van der Waals surface area contributed by atoms with Crippen LogP contribution >= 0.6 is 23.2 Å². The third kappa shape index (κ3) is 4.36. The minimum absolute atomic E-state index is 0.0674.